The molecular weight excluding hydrogens is 370 g/mol. The molecule has 150 valence electrons. The van der Waals surface area contributed by atoms with Crippen molar-refractivity contribution in [1.29, 1.82) is 0 Å². The molecule has 1 heterocycles. The van der Waals surface area contributed by atoms with Gasteiger partial charge in [0.2, 0.25) is 15.9 Å². The first-order valence-electron chi connectivity index (χ1n) is 9.09. The third-order valence-corrected chi connectivity index (χ3v) is 6.40. The second-order valence-electron chi connectivity index (χ2n) is 6.58. The van der Waals surface area contributed by atoms with Crippen LogP contribution in [-0.4, -0.2) is 73.4 Å². The molecule has 0 aliphatic carbocycles. The van der Waals surface area contributed by atoms with E-state index in [-0.39, 0.29) is 31.3 Å². The number of amides is 1. The Morgan fingerprint density at radius 3 is 2.33 bits per heavy atom. The van der Waals surface area contributed by atoms with E-state index in [4.69, 9.17) is 5.11 Å². The standard InChI is InChI=1S/C18H27N3O5S/c1-2-6-16(18(23)24)19-13-17(22)20-9-11-21(12-10-20)27(25,26)14-15-7-4-3-5-8-15/h3-5,7-8,16,19H,2,6,9-14H2,1H3,(H,23,24). The highest BCUT2D eigenvalue weighted by molar-refractivity contribution is 7.88. The van der Waals surface area contributed by atoms with E-state index in [1.165, 1.54) is 4.31 Å². The van der Waals surface area contributed by atoms with E-state index < -0.39 is 22.0 Å². The average molecular weight is 397 g/mol. The summed E-state index contributed by atoms with van der Waals surface area (Å²) in [5.41, 5.74) is 0.732. The van der Waals surface area contributed by atoms with Crippen molar-refractivity contribution in [2.75, 3.05) is 32.7 Å². The van der Waals surface area contributed by atoms with Gasteiger partial charge in [0, 0.05) is 26.2 Å². The van der Waals surface area contributed by atoms with Gasteiger partial charge in [0.1, 0.15) is 6.04 Å². The number of hydrogen-bond donors (Lipinski definition) is 2. The molecule has 2 N–H and O–H groups in total. The van der Waals surface area contributed by atoms with Crippen molar-refractivity contribution in [2.45, 2.75) is 31.6 Å². The fourth-order valence-corrected chi connectivity index (χ4v) is 4.53. The first kappa shape index (κ1) is 21.3. The molecule has 2 rings (SSSR count). The molecule has 8 nitrogen and oxygen atoms in total. The van der Waals surface area contributed by atoms with E-state index in [9.17, 15) is 18.0 Å². The Morgan fingerprint density at radius 1 is 1.15 bits per heavy atom. The maximum atomic E-state index is 12.5. The van der Waals surface area contributed by atoms with Gasteiger partial charge in [-0.2, -0.15) is 4.31 Å². The van der Waals surface area contributed by atoms with E-state index in [1.807, 2.05) is 13.0 Å². The molecule has 1 amide bonds. The lowest BCUT2D eigenvalue weighted by Gasteiger charge is -2.34. The number of carbonyl (C=O) groups is 2. The maximum absolute atomic E-state index is 12.5. The van der Waals surface area contributed by atoms with Gasteiger partial charge in [0.25, 0.3) is 0 Å². The van der Waals surface area contributed by atoms with Crippen LogP contribution in [-0.2, 0) is 25.4 Å². The van der Waals surface area contributed by atoms with Crippen LogP contribution in [0.4, 0.5) is 0 Å². The van der Waals surface area contributed by atoms with Crippen molar-refractivity contribution in [1.82, 2.24) is 14.5 Å². The Balaban J connectivity index is 1.83. The highest BCUT2D eigenvalue weighted by Crippen LogP contribution is 2.13. The highest BCUT2D eigenvalue weighted by Gasteiger charge is 2.29. The van der Waals surface area contributed by atoms with Crippen molar-refractivity contribution in [3.05, 3.63) is 35.9 Å². The van der Waals surface area contributed by atoms with E-state index in [2.05, 4.69) is 5.32 Å². The topological polar surface area (TPSA) is 107 Å². The number of carboxylic acid groups (broad SMARTS) is 1. The van der Waals surface area contributed by atoms with Gasteiger partial charge in [-0.1, -0.05) is 43.7 Å². The number of rotatable bonds is 9. The fraction of sp³-hybridized carbons (Fsp3) is 0.556. The van der Waals surface area contributed by atoms with Crippen LogP contribution in [0.3, 0.4) is 0 Å². The van der Waals surface area contributed by atoms with E-state index in [0.717, 1.165) is 5.56 Å². The Hall–Kier alpha value is -1.97. The van der Waals surface area contributed by atoms with Gasteiger partial charge >= 0.3 is 5.97 Å². The number of carbonyl (C=O) groups excluding carboxylic acids is 1. The molecular formula is C18H27N3O5S. The SMILES string of the molecule is CCCC(NCC(=O)N1CCN(S(=O)(=O)Cc2ccccc2)CC1)C(=O)O. The predicted octanol–water partition coefficient (Wildman–Crippen LogP) is 0.504. The van der Waals surface area contributed by atoms with Crippen molar-refractivity contribution in [3.63, 3.8) is 0 Å². The molecule has 1 aromatic carbocycles. The molecule has 1 unspecified atom stereocenters. The summed E-state index contributed by atoms with van der Waals surface area (Å²) in [6.45, 7) is 2.93. The van der Waals surface area contributed by atoms with Crippen molar-refractivity contribution in [3.8, 4) is 0 Å². The number of carboxylic acids is 1. The van der Waals surface area contributed by atoms with Crippen LogP contribution >= 0.6 is 0 Å². The lowest BCUT2D eigenvalue weighted by Crippen LogP contribution is -2.53. The number of hydrogen-bond acceptors (Lipinski definition) is 5. The molecule has 0 radical (unpaired) electrons. The second-order valence-corrected chi connectivity index (χ2v) is 8.55. The van der Waals surface area contributed by atoms with Crippen LogP contribution in [0.5, 0.6) is 0 Å². The lowest BCUT2D eigenvalue weighted by molar-refractivity contribution is -0.140. The summed E-state index contributed by atoms with van der Waals surface area (Å²) in [4.78, 5) is 25.0. The zero-order valence-electron chi connectivity index (χ0n) is 15.5. The first-order chi connectivity index (χ1) is 12.8. The lowest BCUT2D eigenvalue weighted by atomic mass is 10.1. The third-order valence-electron chi connectivity index (χ3n) is 4.55. The van der Waals surface area contributed by atoms with Gasteiger partial charge < -0.3 is 10.0 Å². The normalized spacial score (nSPS) is 16.9. The minimum Gasteiger partial charge on any atom is -0.480 e. The molecule has 0 saturated carbocycles. The smallest absolute Gasteiger partial charge is 0.320 e. The zero-order valence-corrected chi connectivity index (χ0v) is 16.3. The van der Waals surface area contributed by atoms with Crippen LogP contribution in [0.15, 0.2) is 30.3 Å². The molecule has 27 heavy (non-hydrogen) atoms. The van der Waals surface area contributed by atoms with Gasteiger partial charge in [-0.05, 0) is 12.0 Å². The molecule has 0 spiro atoms. The van der Waals surface area contributed by atoms with Crippen molar-refractivity contribution < 1.29 is 23.1 Å². The minimum atomic E-state index is -3.43. The minimum absolute atomic E-state index is 0.0549. The van der Waals surface area contributed by atoms with Crippen molar-refractivity contribution >= 4 is 21.9 Å². The van der Waals surface area contributed by atoms with E-state index in [1.54, 1.807) is 29.2 Å². The number of piperazine rings is 1. The summed E-state index contributed by atoms with van der Waals surface area (Å²) >= 11 is 0. The van der Waals surface area contributed by atoms with Crippen LogP contribution in [0.2, 0.25) is 0 Å². The van der Waals surface area contributed by atoms with E-state index in [0.29, 0.717) is 25.9 Å². The van der Waals surface area contributed by atoms with Gasteiger partial charge in [-0.3, -0.25) is 14.9 Å². The van der Waals surface area contributed by atoms with E-state index >= 15 is 0 Å². The van der Waals surface area contributed by atoms with Crippen LogP contribution in [0, 0.1) is 0 Å². The maximum Gasteiger partial charge on any atom is 0.320 e. The quantitative estimate of drug-likeness (QED) is 0.629. The molecule has 1 aromatic rings. The molecule has 1 saturated heterocycles. The Morgan fingerprint density at radius 2 is 1.78 bits per heavy atom. The third kappa shape index (κ3) is 6.30. The molecule has 1 fully saturated rings. The zero-order chi connectivity index (χ0) is 19.9. The number of benzene rings is 1. The van der Waals surface area contributed by atoms with Crippen molar-refractivity contribution in [2.24, 2.45) is 0 Å². The molecule has 0 aromatic heterocycles. The van der Waals surface area contributed by atoms with Crippen LogP contribution < -0.4 is 5.32 Å². The van der Waals surface area contributed by atoms with Crippen LogP contribution in [0.1, 0.15) is 25.3 Å². The van der Waals surface area contributed by atoms with Gasteiger partial charge in [-0.25, -0.2) is 8.42 Å². The number of nitrogens with zero attached hydrogens (tertiary/aromatic N) is 2. The Labute approximate surface area is 160 Å². The molecule has 1 aliphatic heterocycles. The highest BCUT2D eigenvalue weighted by atomic mass is 32.2. The summed E-state index contributed by atoms with van der Waals surface area (Å²) in [6.07, 6.45) is 1.16. The molecule has 1 aliphatic rings. The summed E-state index contributed by atoms with van der Waals surface area (Å²) in [7, 11) is -3.43. The summed E-state index contributed by atoms with van der Waals surface area (Å²) < 4.78 is 26.5. The average Bonchev–Trinajstić information content (AvgIpc) is 2.65. The summed E-state index contributed by atoms with van der Waals surface area (Å²) in [6, 6.07) is 8.25. The monoisotopic (exact) mass is 397 g/mol. The largest absolute Gasteiger partial charge is 0.480 e. The second kappa shape index (κ2) is 9.82. The molecule has 0 bridgehead atoms. The molecule has 9 heteroatoms. The number of sulfonamides is 1. The fourth-order valence-electron chi connectivity index (χ4n) is 3.02. The van der Waals surface area contributed by atoms with Gasteiger partial charge in [0.05, 0.1) is 12.3 Å². The summed E-state index contributed by atoms with van der Waals surface area (Å²) in [5.74, 6) is -1.24. The van der Waals surface area contributed by atoms with Gasteiger partial charge in [-0.15, -0.1) is 0 Å². The molecule has 1 atom stereocenters. The predicted molar refractivity (Wildman–Crippen MR) is 102 cm³/mol. The summed E-state index contributed by atoms with van der Waals surface area (Å²) in [5, 5.41) is 11.9. The Bertz CT molecular complexity index is 731. The van der Waals surface area contributed by atoms with Crippen LogP contribution in [0.25, 0.3) is 0 Å². The number of nitrogens with one attached hydrogen (secondary N) is 1. The Kier molecular flexibility index (Phi) is 7.76. The number of aliphatic carboxylic acids is 1. The van der Waals surface area contributed by atoms with Gasteiger partial charge in [0.15, 0.2) is 0 Å². The first-order valence-corrected chi connectivity index (χ1v) is 10.7.